The van der Waals surface area contributed by atoms with Crippen molar-refractivity contribution in [1.29, 1.82) is 0 Å². The molecule has 0 saturated heterocycles. The Hall–Kier alpha value is -3.86. The molecule has 164 valence electrons. The number of ketones is 1. The van der Waals surface area contributed by atoms with Gasteiger partial charge in [-0.3, -0.25) is 9.52 Å². The molecule has 0 bridgehead atoms. The molecule has 0 saturated carbocycles. The van der Waals surface area contributed by atoms with Crippen LogP contribution >= 0.6 is 0 Å². The maximum atomic E-state index is 15.2. The average Bonchev–Trinajstić information content (AvgIpc) is 3.20. The van der Waals surface area contributed by atoms with Crippen molar-refractivity contribution in [2.45, 2.75) is 11.8 Å². The third-order valence-electron chi connectivity index (χ3n) is 4.77. The summed E-state index contributed by atoms with van der Waals surface area (Å²) in [6.45, 7) is 1.78. The number of H-pyrrole nitrogens is 1. The van der Waals surface area contributed by atoms with Crippen LogP contribution in [0.4, 0.5) is 14.5 Å². The minimum Gasteiger partial charge on any atom is -0.480 e. The summed E-state index contributed by atoms with van der Waals surface area (Å²) < 4.78 is 62.2. The molecule has 2 aromatic heterocycles. The SMILES string of the molecule is COc1ncnc2[nH]cc(C(=O)c3c(F)ccc(NS(=O)(=O)c4ccc(C)cc4)c3F)c12. The molecule has 8 nitrogen and oxygen atoms in total. The number of rotatable bonds is 6. The molecule has 0 unspecified atom stereocenters. The Morgan fingerprint density at radius 1 is 1.09 bits per heavy atom. The topological polar surface area (TPSA) is 114 Å². The van der Waals surface area contributed by atoms with Crippen molar-refractivity contribution >= 4 is 32.5 Å². The van der Waals surface area contributed by atoms with E-state index >= 15 is 4.39 Å². The van der Waals surface area contributed by atoms with Gasteiger partial charge in [0, 0.05) is 6.20 Å². The van der Waals surface area contributed by atoms with Crippen LogP contribution in [-0.4, -0.2) is 36.3 Å². The predicted molar refractivity (Wildman–Crippen MR) is 112 cm³/mol. The number of aromatic amines is 1. The summed E-state index contributed by atoms with van der Waals surface area (Å²) in [7, 11) is -2.85. The first-order valence-corrected chi connectivity index (χ1v) is 10.7. The number of fused-ring (bicyclic) bond motifs is 1. The van der Waals surface area contributed by atoms with Crippen LogP contribution in [0, 0.1) is 18.6 Å². The number of halogens is 2. The van der Waals surface area contributed by atoms with E-state index in [0.29, 0.717) is 0 Å². The maximum absolute atomic E-state index is 15.2. The molecule has 2 N–H and O–H groups in total. The number of benzene rings is 2. The second kappa shape index (κ2) is 8.00. The minimum absolute atomic E-state index is 0.0386. The second-order valence-electron chi connectivity index (χ2n) is 6.84. The lowest BCUT2D eigenvalue weighted by molar-refractivity contribution is 0.103. The van der Waals surface area contributed by atoms with Gasteiger partial charge in [-0.2, -0.15) is 0 Å². The van der Waals surface area contributed by atoms with E-state index in [1.165, 1.54) is 31.8 Å². The Morgan fingerprint density at radius 2 is 1.81 bits per heavy atom. The smallest absolute Gasteiger partial charge is 0.261 e. The monoisotopic (exact) mass is 458 g/mol. The summed E-state index contributed by atoms with van der Waals surface area (Å²) in [6.07, 6.45) is 2.43. The number of carbonyl (C=O) groups is 1. The molecular formula is C21H16F2N4O4S. The number of hydrogen-bond acceptors (Lipinski definition) is 6. The van der Waals surface area contributed by atoms with Crippen LogP contribution in [0.2, 0.25) is 0 Å². The normalized spacial score (nSPS) is 11.5. The highest BCUT2D eigenvalue weighted by atomic mass is 32.2. The second-order valence-corrected chi connectivity index (χ2v) is 8.52. The lowest BCUT2D eigenvalue weighted by Crippen LogP contribution is -2.16. The van der Waals surface area contributed by atoms with E-state index in [2.05, 4.69) is 19.7 Å². The molecule has 0 aliphatic rings. The molecule has 0 amide bonds. The van der Waals surface area contributed by atoms with E-state index < -0.39 is 38.7 Å². The van der Waals surface area contributed by atoms with Gasteiger partial charge in [-0.15, -0.1) is 0 Å². The molecule has 4 rings (SSSR count). The van der Waals surface area contributed by atoms with Crippen molar-refractivity contribution in [2.75, 3.05) is 11.8 Å². The Kier molecular flexibility index (Phi) is 5.35. The Labute approximate surface area is 181 Å². The third-order valence-corrected chi connectivity index (χ3v) is 6.15. The first kappa shape index (κ1) is 21.4. The van der Waals surface area contributed by atoms with Crippen LogP contribution in [0.3, 0.4) is 0 Å². The standard InChI is InChI=1S/C21H16F2N4O4S/c1-11-3-5-12(6-4-11)32(29,30)27-15-8-7-14(22)17(18(15)23)19(28)13-9-24-20-16(13)21(31-2)26-10-25-20/h3-10,27H,1-2H3,(H,24,25,26). The van der Waals surface area contributed by atoms with Crippen molar-refractivity contribution in [3.8, 4) is 5.88 Å². The van der Waals surface area contributed by atoms with Crippen LogP contribution in [-0.2, 0) is 10.0 Å². The number of hydrogen-bond donors (Lipinski definition) is 2. The number of sulfonamides is 1. The number of nitrogens with one attached hydrogen (secondary N) is 2. The summed E-state index contributed by atoms with van der Waals surface area (Å²) in [5.74, 6) is -3.50. The van der Waals surface area contributed by atoms with E-state index in [0.717, 1.165) is 17.7 Å². The fourth-order valence-electron chi connectivity index (χ4n) is 3.16. The largest absolute Gasteiger partial charge is 0.480 e. The van der Waals surface area contributed by atoms with E-state index in [4.69, 9.17) is 4.74 Å². The molecule has 4 aromatic rings. The molecule has 32 heavy (non-hydrogen) atoms. The van der Waals surface area contributed by atoms with E-state index in [1.807, 2.05) is 0 Å². The number of ether oxygens (including phenoxy) is 1. The zero-order valence-corrected chi connectivity index (χ0v) is 17.6. The highest BCUT2D eigenvalue weighted by molar-refractivity contribution is 7.92. The van der Waals surface area contributed by atoms with Gasteiger partial charge in [-0.25, -0.2) is 27.2 Å². The summed E-state index contributed by atoms with van der Waals surface area (Å²) in [5.41, 5.74) is -0.562. The van der Waals surface area contributed by atoms with Crippen molar-refractivity contribution in [2.24, 2.45) is 0 Å². The van der Waals surface area contributed by atoms with Crippen molar-refractivity contribution in [3.63, 3.8) is 0 Å². The summed E-state index contributed by atoms with van der Waals surface area (Å²) in [6, 6.07) is 7.58. The number of nitrogens with zero attached hydrogens (tertiary/aromatic N) is 2. The van der Waals surface area contributed by atoms with Crippen LogP contribution in [0.25, 0.3) is 11.0 Å². The number of aryl methyl sites for hydroxylation is 1. The van der Waals surface area contributed by atoms with Gasteiger partial charge in [0.25, 0.3) is 10.0 Å². The highest BCUT2D eigenvalue weighted by Crippen LogP contribution is 2.30. The van der Waals surface area contributed by atoms with Crippen LogP contribution in [0.1, 0.15) is 21.5 Å². The zero-order valence-electron chi connectivity index (χ0n) is 16.8. The molecule has 0 atom stereocenters. The van der Waals surface area contributed by atoms with Gasteiger partial charge in [-0.1, -0.05) is 17.7 Å². The number of anilines is 1. The lowest BCUT2D eigenvalue weighted by Gasteiger charge is -2.12. The summed E-state index contributed by atoms with van der Waals surface area (Å²) in [4.78, 5) is 23.5. The third kappa shape index (κ3) is 3.66. The molecule has 0 radical (unpaired) electrons. The van der Waals surface area contributed by atoms with E-state index in [1.54, 1.807) is 19.1 Å². The van der Waals surface area contributed by atoms with Gasteiger partial charge in [0.2, 0.25) is 11.7 Å². The fraction of sp³-hybridized carbons (Fsp3) is 0.0952. The van der Waals surface area contributed by atoms with Crippen molar-refractivity contribution in [3.05, 3.63) is 77.2 Å². The van der Waals surface area contributed by atoms with Crippen LogP contribution in [0.15, 0.2) is 53.8 Å². The molecule has 0 aliphatic carbocycles. The Balaban J connectivity index is 1.78. The first-order valence-electron chi connectivity index (χ1n) is 9.21. The van der Waals surface area contributed by atoms with Crippen LogP contribution in [0.5, 0.6) is 5.88 Å². The maximum Gasteiger partial charge on any atom is 0.261 e. The number of methoxy groups -OCH3 is 1. The van der Waals surface area contributed by atoms with Gasteiger partial charge in [-0.05, 0) is 31.2 Å². The van der Waals surface area contributed by atoms with Gasteiger partial charge in [0.1, 0.15) is 17.8 Å². The van der Waals surface area contributed by atoms with Crippen molar-refractivity contribution in [1.82, 2.24) is 15.0 Å². The lowest BCUT2D eigenvalue weighted by atomic mass is 10.0. The molecular weight excluding hydrogens is 442 g/mol. The summed E-state index contributed by atoms with van der Waals surface area (Å²) >= 11 is 0. The molecule has 0 fully saturated rings. The number of carbonyl (C=O) groups excluding carboxylic acids is 1. The first-order chi connectivity index (χ1) is 15.2. The number of aromatic nitrogens is 3. The van der Waals surface area contributed by atoms with Gasteiger partial charge in [0.15, 0.2) is 5.82 Å². The Bertz CT molecular complexity index is 1450. The average molecular weight is 458 g/mol. The van der Waals surface area contributed by atoms with Crippen molar-refractivity contribution < 1.29 is 26.7 Å². The highest BCUT2D eigenvalue weighted by Gasteiger charge is 2.27. The fourth-order valence-corrected chi connectivity index (χ4v) is 4.22. The van der Waals surface area contributed by atoms with Crippen LogP contribution < -0.4 is 9.46 Å². The molecule has 2 heterocycles. The van der Waals surface area contributed by atoms with Gasteiger partial charge in [0.05, 0.1) is 34.2 Å². The molecule has 0 aliphatic heterocycles. The minimum atomic E-state index is -4.18. The van der Waals surface area contributed by atoms with E-state index in [9.17, 15) is 17.6 Å². The van der Waals surface area contributed by atoms with Gasteiger partial charge < -0.3 is 9.72 Å². The molecule has 0 spiro atoms. The summed E-state index contributed by atoms with van der Waals surface area (Å²) in [5, 5.41) is 0.143. The quantitative estimate of drug-likeness (QED) is 0.427. The Morgan fingerprint density at radius 3 is 2.50 bits per heavy atom. The molecule has 2 aromatic carbocycles. The molecule has 11 heteroatoms. The van der Waals surface area contributed by atoms with E-state index in [-0.39, 0.29) is 27.4 Å². The van der Waals surface area contributed by atoms with Gasteiger partial charge >= 0.3 is 0 Å². The predicted octanol–water partition coefficient (Wildman–Crippen LogP) is 3.58. The zero-order chi connectivity index (χ0) is 23.0.